The summed E-state index contributed by atoms with van der Waals surface area (Å²) in [5, 5.41) is 7.02. The van der Waals surface area contributed by atoms with Gasteiger partial charge in [0.25, 0.3) is 0 Å². The van der Waals surface area contributed by atoms with E-state index in [4.69, 9.17) is 14.8 Å². The monoisotopic (exact) mass is 322 g/mol. The number of benzene rings is 1. The lowest BCUT2D eigenvalue weighted by molar-refractivity contribution is -0.0946. The van der Waals surface area contributed by atoms with Crippen molar-refractivity contribution in [3.63, 3.8) is 0 Å². The van der Waals surface area contributed by atoms with Gasteiger partial charge in [-0.05, 0) is 23.9 Å². The highest BCUT2D eigenvalue weighted by molar-refractivity contribution is 8.01. The van der Waals surface area contributed by atoms with Crippen LogP contribution in [-0.4, -0.2) is 33.7 Å². The summed E-state index contributed by atoms with van der Waals surface area (Å²) in [6, 6.07) is 1.97. The lowest BCUT2D eigenvalue weighted by atomic mass is 10.3. The molecule has 0 amide bonds. The quantitative estimate of drug-likeness (QED) is 0.447. The van der Waals surface area contributed by atoms with E-state index in [0.29, 0.717) is 12.1 Å². The number of aromatic hydroxyl groups is 2. The molecule has 0 unspecified atom stereocenters. The summed E-state index contributed by atoms with van der Waals surface area (Å²) in [5.41, 5.74) is 0. The van der Waals surface area contributed by atoms with E-state index in [9.17, 15) is 26.0 Å². The van der Waals surface area contributed by atoms with Crippen molar-refractivity contribution in [2.45, 2.75) is 15.4 Å². The molecule has 3 N–H and O–H groups in total. The Morgan fingerprint density at radius 3 is 1.79 bits per heavy atom. The predicted octanol–water partition coefficient (Wildman–Crippen LogP) is 2.26. The van der Waals surface area contributed by atoms with Crippen LogP contribution in [0, 0.1) is 0 Å². The molecule has 1 aromatic carbocycles. The molecule has 1 aromatic rings. The number of phenols is 2. The van der Waals surface area contributed by atoms with E-state index in [1.807, 2.05) is 0 Å². The van der Waals surface area contributed by atoms with E-state index < -0.39 is 48.8 Å². The Balaban J connectivity index is 3.16. The summed E-state index contributed by atoms with van der Waals surface area (Å²) in [7, 11) is -6.33. The summed E-state index contributed by atoms with van der Waals surface area (Å²) < 4.78 is 80.6. The minimum absolute atomic E-state index is 0.609. The SMILES string of the molecule is O=S(=O)(O)C(F)(F)C(F)(F)Sc1cc(O)cc(O)c1. The van der Waals surface area contributed by atoms with Gasteiger partial charge in [-0.1, -0.05) is 0 Å². The zero-order chi connectivity index (χ0) is 15.1. The second kappa shape index (κ2) is 4.72. The van der Waals surface area contributed by atoms with Crippen molar-refractivity contribution in [3.8, 4) is 11.5 Å². The van der Waals surface area contributed by atoms with Crippen LogP contribution in [0.25, 0.3) is 0 Å². The largest absolute Gasteiger partial charge is 0.508 e. The van der Waals surface area contributed by atoms with E-state index in [1.165, 1.54) is 0 Å². The maximum absolute atomic E-state index is 13.2. The van der Waals surface area contributed by atoms with Gasteiger partial charge in [-0.25, -0.2) is 0 Å². The first kappa shape index (κ1) is 15.9. The van der Waals surface area contributed by atoms with Gasteiger partial charge in [0.05, 0.1) is 0 Å². The van der Waals surface area contributed by atoms with Gasteiger partial charge < -0.3 is 10.2 Å². The molecule has 1 rings (SSSR count). The fourth-order valence-electron chi connectivity index (χ4n) is 0.985. The Hall–Kier alpha value is -1.20. The summed E-state index contributed by atoms with van der Waals surface area (Å²) in [4.78, 5) is -0.717. The highest BCUT2D eigenvalue weighted by Crippen LogP contribution is 2.49. The molecule has 108 valence electrons. The lowest BCUT2D eigenvalue weighted by Crippen LogP contribution is -2.44. The maximum atomic E-state index is 13.2. The molecule has 0 saturated carbocycles. The molecule has 5 nitrogen and oxygen atoms in total. The first-order valence-corrected chi connectivity index (χ1v) is 6.57. The maximum Gasteiger partial charge on any atom is 0.442 e. The number of hydrogen-bond acceptors (Lipinski definition) is 5. The smallest absolute Gasteiger partial charge is 0.442 e. The average molecular weight is 322 g/mol. The number of rotatable bonds is 4. The molecule has 0 saturated heterocycles. The van der Waals surface area contributed by atoms with Gasteiger partial charge >= 0.3 is 20.6 Å². The van der Waals surface area contributed by atoms with E-state index in [0.717, 1.165) is 6.07 Å². The topological polar surface area (TPSA) is 94.8 Å². The van der Waals surface area contributed by atoms with Crippen LogP contribution < -0.4 is 0 Å². The molecule has 11 heteroatoms. The molecule has 0 spiro atoms. The highest BCUT2D eigenvalue weighted by atomic mass is 32.2. The number of hydrogen-bond donors (Lipinski definition) is 3. The van der Waals surface area contributed by atoms with Gasteiger partial charge in [-0.2, -0.15) is 26.0 Å². The fraction of sp³-hybridized carbons (Fsp3) is 0.250. The number of thioether (sulfide) groups is 1. The van der Waals surface area contributed by atoms with Gasteiger partial charge in [0.2, 0.25) is 0 Å². The van der Waals surface area contributed by atoms with Crippen molar-refractivity contribution in [3.05, 3.63) is 18.2 Å². The molecule has 0 aliphatic heterocycles. The van der Waals surface area contributed by atoms with Crippen molar-refractivity contribution in [1.82, 2.24) is 0 Å². The number of halogens is 4. The minimum atomic E-state index is -6.33. The molecule has 0 fully saturated rings. The standard InChI is InChI=1S/C8H6F4O5S2/c9-7(10,8(11,12)19(15,16)17)18-6-2-4(13)1-5(14)3-6/h1-3,13-14H,(H,15,16,17). The van der Waals surface area contributed by atoms with Gasteiger partial charge in [-0.15, -0.1) is 0 Å². The molecule has 0 aromatic heterocycles. The molecule has 19 heavy (non-hydrogen) atoms. The van der Waals surface area contributed by atoms with Crippen molar-refractivity contribution in [1.29, 1.82) is 0 Å². The predicted molar refractivity (Wildman–Crippen MR) is 57.1 cm³/mol. The van der Waals surface area contributed by atoms with Crippen LogP contribution in [0.3, 0.4) is 0 Å². The van der Waals surface area contributed by atoms with Crippen molar-refractivity contribution in [2.75, 3.05) is 0 Å². The summed E-state index contributed by atoms with van der Waals surface area (Å²) in [6.45, 7) is 0. The Kier molecular flexibility index (Phi) is 3.94. The van der Waals surface area contributed by atoms with E-state index >= 15 is 0 Å². The van der Waals surface area contributed by atoms with Crippen molar-refractivity contribution in [2.24, 2.45) is 0 Å². The first-order chi connectivity index (χ1) is 8.37. The summed E-state index contributed by atoms with van der Waals surface area (Å²) in [5.74, 6) is -1.37. The molecular weight excluding hydrogens is 316 g/mol. The molecule has 0 aliphatic rings. The highest BCUT2D eigenvalue weighted by Gasteiger charge is 2.66. The molecule has 0 atom stereocenters. The van der Waals surface area contributed by atoms with E-state index in [1.54, 1.807) is 0 Å². The molecule has 0 radical (unpaired) electrons. The van der Waals surface area contributed by atoms with Gasteiger partial charge in [0.1, 0.15) is 11.5 Å². The van der Waals surface area contributed by atoms with Crippen molar-refractivity contribution < 1.29 is 40.7 Å². The van der Waals surface area contributed by atoms with Gasteiger partial charge in [0.15, 0.2) is 0 Å². The van der Waals surface area contributed by atoms with E-state index in [2.05, 4.69) is 0 Å². The van der Waals surface area contributed by atoms with Crippen LogP contribution in [0.4, 0.5) is 17.6 Å². The Morgan fingerprint density at radius 2 is 1.42 bits per heavy atom. The number of alkyl halides is 4. The first-order valence-electron chi connectivity index (χ1n) is 4.31. The van der Waals surface area contributed by atoms with Crippen LogP contribution in [0.5, 0.6) is 11.5 Å². The Labute approximate surface area is 108 Å². The van der Waals surface area contributed by atoms with Crippen LogP contribution in [0.1, 0.15) is 0 Å². The van der Waals surface area contributed by atoms with Gasteiger partial charge in [-0.3, -0.25) is 4.55 Å². The summed E-state index contributed by atoms with van der Waals surface area (Å²) >= 11 is -0.934. The minimum Gasteiger partial charge on any atom is -0.508 e. The van der Waals surface area contributed by atoms with Crippen LogP contribution in [-0.2, 0) is 10.1 Å². The number of phenolic OH excluding ortho intramolecular Hbond substituents is 2. The zero-order valence-electron chi connectivity index (χ0n) is 8.72. The third-order valence-electron chi connectivity index (χ3n) is 1.78. The Morgan fingerprint density at radius 1 is 1.00 bits per heavy atom. The zero-order valence-corrected chi connectivity index (χ0v) is 10.4. The van der Waals surface area contributed by atoms with Crippen molar-refractivity contribution >= 4 is 21.9 Å². The molecule has 0 heterocycles. The van der Waals surface area contributed by atoms with E-state index in [-0.39, 0.29) is 0 Å². The average Bonchev–Trinajstić information content (AvgIpc) is 2.12. The normalized spacial score (nSPS) is 13.5. The summed E-state index contributed by atoms with van der Waals surface area (Å²) in [6.07, 6.45) is 0. The van der Waals surface area contributed by atoms with Crippen LogP contribution in [0.2, 0.25) is 0 Å². The van der Waals surface area contributed by atoms with Gasteiger partial charge in [0, 0.05) is 11.0 Å². The second-order valence-electron chi connectivity index (χ2n) is 3.30. The van der Waals surface area contributed by atoms with Crippen LogP contribution in [0.15, 0.2) is 23.1 Å². The van der Waals surface area contributed by atoms with Crippen LogP contribution >= 0.6 is 11.8 Å². The third-order valence-corrected chi connectivity index (χ3v) is 3.80. The molecular formula is C8H6F4O5S2. The third kappa shape index (κ3) is 3.22. The second-order valence-corrected chi connectivity index (χ2v) is 5.95. The Bertz CT molecular complexity index is 567. The lowest BCUT2D eigenvalue weighted by Gasteiger charge is -2.22. The fourth-order valence-corrected chi connectivity index (χ4v) is 2.50. The molecule has 0 bridgehead atoms. The molecule has 0 aliphatic carbocycles.